The third-order valence-electron chi connectivity index (χ3n) is 4.91. The molecule has 1 heterocycles. The van der Waals surface area contributed by atoms with Gasteiger partial charge in [-0.05, 0) is 33.1 Å². The summed E-state index contributed by atoms with van der Waals surface area (Å²) in [6, 6.07) is 1.47. The van der Waals surface area contributed by atoms with Gasteiger partial charge in [0.1, 0.15) is 0 Å². The Morgan fingerprint density at radius 1 is 1.29 bits per heavy atom. The third-order valence-corrected chi connectivity index (χ3v) is 4.91. The second kappa shape index (κ2) is 5.71. The minimum Gasteiger partial charge on any atom is -0.308 e. The van der Waals surface area contributed by atoms with Crippen LogP contribution in [0.5, 0.6) is 0 Å². The smallest absolute Gasteiger partial charge is 0.0309 e. The number of piperazine rings is 1. The fraction of sp³-hybridized carbons (Fsp3) is 1.00. The van der Waals surface area contributed by atoms with Gasteiger partial charge in [-0.15, -0.1) is 0 Å². The van der Waals surface area contributed by atoms with Crippen LogP contribution in [0.25, 0.3) is 0 Å². The Hall–Kier alpha value is -0.0800. The molecule has 2 nitrogen and oxygen atoms in total. The Kier molecular flexibility index (Phi) is 4.48. The van der Waals surface area contributed by atoms with Gasteiger partial charge in [-0.2, -0.15) is 0 Å². The summed E-state index contributed by atoms with van der Waals surface area (Å²) < 4.78 is 0. The zero-order valence-electron chi connectivity index (χ0n) is 12.0. The first-order chi connectivity index (χ1) is 8.17. The molecule has 1 saturated carbocycles. The number of rotatable bonds is 3. The SMILES string of the molecule is CCCC(C)N1CC2(CCCCC2)NCC1C. The molecule has 2 rings (SSSR count). The van der Waals surface area contributed by atoms with Gasteiger partial charge in [-0.1, -0.05) is 32.6 Å². The standard InChI is InChI=1S/C15H30N2/c1-4-8-13(2)17-12-15(16-11-14(17)3)9-6-5-7-10-15/h13-14,16H,4-12H2,1-3H3. The quantitative estimate of drug-likeness (QED) is 0.812. The highest BCUT2D eigenvalue weighted by Crippen LogP contribution is 2.32. The van der Waals surface area contributed by atoms with Crippen molar-refractivity contribution < 1.29 is 0 Å². The van der Waals surface area contributed by atoms with Crippen molar-refractivity contribution in [2.75, 3.05) is 13.1 Å². The maximum absolute atomic E-state index is 3.87. The van der Waals surface area contributed by atoms with E-state index >= 15 is 0 Å². The van der Waals surface area contributed by atoms with Gasteiger partial charge in [0.2, 0.25) is 0 Å². The average Bonchev–Trinajstić information content (AvgIpc) is 2.34. The average molecular weight is 238 g/mol. The summed E-state index contributed by atoms with van der Waals surface area (Å²) in [6.45, 7) is 9.58. The van der Waals surface area contributed by atoms with E-state index in [-0.39, 0.29) is 0 Å². The Bertz CT molecular complexity index is 233. The first-order valence-corrected chi connectivity index (χ1v) is 7.68. The largest absolute Gasteiger partial charge is 0.308 e. The summed E-state index contributed by atoms with van der Waals surface area (Å²) in [4.78, 5) is 2.77. The maximum Gasteiger partial charge on any atom is 0.0309 e. The number of nitrogens with zero attached hydrogens (tertiary/aromatic N) is 1. The van der Waals surface area contributed by atoms with Crippen molar-refractivity contribution in [2.45, 2.75) is 83.3 Å². The lowest BCUT2D eigenvalue weighted by Crippen LogP contribution is -2.65. The minimum absolute atomic E-state index is 0.465. The van der Waals surface area contributed by atoms with E-state index in [1.807, 2.05) is 0 Å². The molecule has 0 bridgehead atoms. The summed E-state index contributed by atoms with van der Waals surface area (Å²) in [5.41, 5.74) is 0.465. The molecule has 0 aromatic rings. The summed E-state index contributed by atoms with van der Waals surface area (Å²) in [7, 11) is 0. The van der Waals surface area contributed by atoms with Crippen LogP contribution in [-0.4, -0.2) is 35.6 Å². The third kappa shape index (κ3) is 3.03. The van der Waals surface area contributed by atoms with Crippen LogP contribution in [0.15, 0.2) is 0 Å². The van der Waals surface area contributed by atoms with E-state index in [1.165, 1.54) is 58.0 Å². The van der Waals surface area contributed by atoms with Crippen LogP contribution in [0.3, 0.4) is 0 Å². The Morgan fingerprint density at radius 2 is 2.00 bits per heavy atom. The Balaban J connectivity index is 1.99. The van der Waals surface area contributed by atoms with Gasteiger partial charge in [-0.3, -0.25) is 4.90 Å². The van der Waals surface area contributed by atoms with E-state index in [0.29, 0.717) is 11.6 Å². The highest BCUT2D eigenvalue weighted by atomic mass is 15.3. The molecule has 0 aromatic carbocycles. The zero-order valence-corrected chi connectivity index (χ0v) is 12.0. The van der Waals surface area contributed by atoms with E-state index in [9.17, 15) is 0 Å². The lowest BCUT2D eigenvalue weighted by Gasteiger charge is -2.51. The van der Waals surface area contributed by atoms with Crippen molar-refractivity contribution >= 4 is 0 Å². The summed E-state index contributed by atoms with van der Waals surface area (Å²) in [6.07, 6.45) is 9.76. The minimum atomic E-state index is 0.465. The second-order valence-corrected chi connectivity index (χ2v) is 6.38. The molecule has 1 N–H and O–H groups in total. The van der Waals surface area contributed by atoms with E-state index in [4.69, 9.17) is 0 Å². The number of hydrogen-bond acceptors (Lipinski definition) is 2. The highest BCUT2D eigenvalue weighted by Gasteiger charge is 2.39. The topological polar surface area (TPSA) is 15.3 Å². The molecular weight excluding hydrogens is 208 g/mol. The lowest BCUT2D eigenvalue weighted by atomic mass is 9.79. The molecule has 100 valence electrons. The van der Waals surface area contributed by atoms with Crippen molar-refractivity contribution in [2.24, 2.45) is 0 Å². The summed E-state index contributed by atoms with van der Waals surface area (Å²) in [5.74, 6) is 0. The Labute approximate surface area is 107 Å². The molecule has 1 aliphatic carbocycles. The van der Waals surface area contributed by atoms with Crippen LogP contribution in [-0.2, 0) is 0 Å². The molecule has 2 heteroatoms. The van der Waals surface area contributed by atoms with Gasteiger partial charge in [0.05, 0.1) is 0 Å². The molecule has 1 saturated heterocycles. The van der Waals surface area contributed by atoms with Crippen LogP contribution in [0.2, 0.25) is 0 Å². The van der Waals surface area contributed by atoms with Crippen LogP contribution >= 0.6 is 0 Å². The summed E-state index contributed by atoms with van der Waals surface area (Å²) in [5, 5.41) is 3.87. The van der Waals surface area contributed by atoms with Gasteiger partial charge in [0.25, 0.3) is 0 Å². The van der Waals surface area contributed by atoms with Crippen molar-refractivity contribution in [1.82, 2.24) is 10.2 Å². The van der Waals surface area contributed by atoms with Crippen molar-refractivity contribution in [3.63, 3.8) is 0 Å². The van der Waals surface area contributed by atoms with E-state index in [0.717, 1.165) is 6.04 Å². The summed E-state index contributed by atoms with van der Waals surface area (Å²) >= 11 is 0. The normalized spacial score (nSPS) is 31.6. The van der Waals surface area contributed by atoms with Crippen LogP contribution < -0.4 is 5.32 Å². The van der Waals surface area contributed by atoms with Crippen LogP contribution in [0, 0.1) is 0 Å². The van der Waals surface area contributed by atoms with Gasteiger partial charge >= 0.3 is 0 Å². The van der Waals surface area contributed by atoms with E-state index in [1.54, 1.807) is 0 Å². The molecule has 17 heavy (non-hydrogen) atoms. The first kappa shape index (κ1) is 13.4. The van der Waals surface area contributed by atoms with Gasteiger partial charge < -0.3 is 5.32 Å². The van der Waals surface area contributed by atoms with E-state index in [2.05, 4.69) is 31.0 Å². The van der Waals surface area contributed by atoms with Crippen molar-refractivity contribution in [3.8, 4) is 0 Å². The molecule has 1 spiro atoms. The molecule has 2 unspecified atom stereocenters. The van der Waals surface area contributed by atoms with E-state index < -0.39 is 0 Å². The molecule has 0 amide bonds. The lowest BCUT2D eigenvalue weighted by molar-refractivity contribution is 0.0334. The number of nitrogens with one attached hydrogen (secondary N) is 1. The maximum atomic E-state index is 3.87. The molecule has 2 atom stereocenters. The zero-order chi connectivity index (χ0) is 12.3. The van der Waals surface area contributed by atoms with Crippen LogP contribution in [0.4, 0.5) is 0 Å². The fourth-order valence-electron chi connectivity index (χ4n) is 3.78. The molecule has 0 aromatic heterocycles. The number of hydrogen-bond donors (Lipinski definition) is 1. The molecule has 0 radical (unpaired) electrons. The fourth-order valence-corrected chi connectivity index (χ4v) is 3.78. The first-order valence-electron chi connectivity index (χ1n) is 7.68. The predicted octanol–water partition coefficient (Wildman–Crippen LogP) is 3.17. The van der Waals surface area contributed by atoms with Gasteiger partial charge in [-0.25, -0.2) is 0 Å². The van der Waals surface area contributed by atoms with Crippen LogP contribution in [0.1, 0.15) is 65.7 Å². The van der Waals surface area contributed by atoms with Gasteiger partial charge in [0, 0.05) is 30.7 Å². The van der Waals surface area contributed by atoms with Crippen molar-refractivity contribution in [1.29, 1.82) is 0 Å². The molecule has 2 aliphatic rings. The highest BCUT2D eigenvalue weighted by molar-refractivity contribution is 4.99. The van der Waals surface area contributed by atoms with Gasteiger partial charge in [0.15, 0.2) is 0 Å². The molecule has 1 aliphatic heterocycles. The van der Waals surface area contributed by atoms with Crippen molar-refractivity contribution in [3.05, 3.63) is 0 Å². The Morgan fingerprint density at radius 3 is 2.65 bits per heavy atom. The second-order valence-electron chi connectivity index (χ2n) is 6.38. The molecular formula is C15H30N2. The predicted molar refractivity (Wildman–Crippen MR) is 74.4 cm³/mol. The molecule has 2 fully saturated rings. The monoisotopic (exact) mass is 238 g/mol.